The molecule has 7 rings (SSSR count). The molecule has 0 aromatic carbocycles. The molecule has 26 heteroatoms. The van der Waals surface area contributed by atoms with E-state index in [4.69, 9.17) is 50.8 Å². The highest BCUT2D eigenvalue weighted by Crippen LogP contribution is 2.51. The lowest BCUT2D eigenvalue weighted by atomic mass is 10.1. The van der Waals surface area contributed by atoms with Crippen LogP contribution in [0.2, 0.25) is 0 Å². The van der Waals surface area contributed by atoms with Gasteiger partial charge in [-0.15, -0.1) is 0 Å². The zero-order valence-corrected chi connectivity index (χ0v) is 25.3. The Hall–Kier alpha value is -3.22. The van der Waals surface area contributed by atoms with Gasteiger partial charge in [0.25, 0.3) is 18.9 Å². The highest BCUT2D eigenvalue weighted by Gasteiger charge is 2.51. The van der Waals surface area contributed by atoms with E-state index in [9.17, 15) is 34.2 Å². The lowest BCUT2D eigenvalue weighted by Crippen LogP contribution is -2.40. The van der Waals surface area contributed by atoms with E-state index in [-0.39, 0.29) is 34.2 Å². The van der Waals surface area contributed by atoms with E-state index in [1.165, 1.54) is 0 Å². The Morgan fingerprint density at radius 3 is 1.80 bits per heavy atom. The van der Waals surface area contributed by atoms with Crippen molar-refractivity contribution < 1.29 is 52.1 Å². The van der Waals surface area contributed by atoms with Crippen LogP contribution in [0.5, 0.6) is 0 Å². The molecule has 4 unspecified atom stereocenters. The number of nitrogen functional groups attached to an aromatic ring is 2. The number of hydrogen-bond donors (Lipinski definition) is 6. The Bertz CT molecular complexity index is 1910. The molecule has 0 spiro atoms. The van der Waals surface area contributed by atoms with Crippen LogP contribution in [0, 0.1) is 0 Å². The number of ether oxygens (including phenoxy) is 2. The summed E-state index contributed by atoms with van der Waals surface area (Å²) in [6.45, 7) is -6.15. The normalized spacial score (nSPS) is 37.1. The number of fused-ring (bicyclic) bond motifs is 4. The van der Waals surface area contributed by atoms with Gasteiger partial charge in [-0.3, -0.25) is 33.3 Å². The zero-order valence-electron chi connectivity index (χ0n) is 22.7. The monoisotopic (exact) mass is 704 g/mol. The van der Waals surface area contributed by atoms with Gasteiger partial charge in [0, 0.05) is 0 Å². The van der Waals surface area contributed by atoms with Crippen molar-refractivity contribution in [1.29, 1.82) is 0 Å². The first-order valence-corrected chi connectivity index (χ1v) is 17.1. The number of nitrogens with zero attached hydrogens (tertiary/aromatic N) is 6. The molecule has 46 heavy (non-hydrogen) atoms. The molecule has 4 aromatic rings. The van der Waals surface area contributed by atoms with Crippen molar-refractivity contribution in [2.24, 2.45) is 0 Å². The number of hydrogen-bond acceptors (Lipinski definition) is 20. The number of nitrogens with two attached hydrogens (primary N) is 2. The van der Waals surface area contributed by atoms with Gasteiger partial charge in [0.05, 0.1) is 25.9 Å². The van der Waals surface area contributed by atoms with Gasteiger partial charge >= 0.3 is 0 Å². The number of aliphatic hydroxyl groups is 2. The van der Waals surface area contributed by atoms with E-state index in [2.05, 4.69) is 29.9 Å². The Morgan fingerprint density at radius 2 is 1.30 bits per heavy atom. The third kappa shape index (κ3) is 5.45. The van der Waals surface area contributed by atoms with E-state index in [0.717, 1.165) is 21.8 Å². The number of imidazole rings is 2. The summed E-state index contributed by atoms with van der Waals surface area (Å²) in [6.07, 6.45) is -10.5. The molecule has 8 N–H and O–H groups in total. The van der Waals surface area contributed by atoms with Crippen LogP contribution in [0.3, 0.4) is 0 Å². The van der Waals surface area contributed by atoms with Crippen LogP contribution in [0.1, 0.15) is 12.5 Å². The minimum atomic E-state index is -5.31. The molecule has 0 aliphatic carbocycles. The Kier molecular flexibility index (Phi) is 7.64. The number of H-pyrrole nitrogens is 2. The standard InChI is InChI=1S/C20H24N10O13P2S/c21-19-25-13-7(15(33)27-19)23-3-29(13)17-9(31)11-6(41-17)2-39-45(37,46)43-12-5(1-38-44(35,36)42-11)40-18(10(12)32)30-4-24-8-14(30)26-20(22)28-16(8)34/h3-6,9-12,17-18,31-32H,1-2H2,(H,35,36)(H,37,46)(H3,21,25,27,33)(H3,22,26,28,34)/p-2/t5-,6-,9+,10?,11?,12+,17-,18-,45?/m1/s1. The highest BCUT2D eigenvalue weighted by atomic mass is 32.5. The van der Waals surface area contributed by atoms with Crippen LogP contribution in [-0.4, -0.2) is 99.1 Å². The third-order valence-electron chi connectivity index (χ3n) is 7.36. The minimum Gasteiger partial charge on any atom is -0.780 e. The Labute approximate surface area is 258 Å². The van der Waals surface area contributed by atoms with Crippen molar-refractivity contribution in [1.82, 2.24) is 39.0 Å². The SMILES string of the molecule is Nc1nc2c(ncn2[C@@H]2O[C@@H]3COP(=O)([O-])OC4[C@@H](COP([O-])(=S)O[C@@H]3C2O)O[C@@H](n2cnc3c(=O)[nH]c(N)nc32)[C@H]4O)c(=O)[nH]1. The number of phosphoric ester groups is 1. The molecule has 0 amide bonds. The van der Waals surface area contributed by atoms with Crippen LogP contribution in [-0.2, 0) is 43.9 Å². The summed E-state index contributed by atoms with van der Waals surface area (Å²) in [4.78, 5) is 71.2. The molecule has 3 saturated heterocycles. The largest absolute Gasteiger partial charge is 0.780 e. The Balaban J connectivity index is 1.18. The fraction of sp³-hybridized carbons (Fsp3) is 0.500. The maximum atomic E-state index is 13.3. The predicted molar refractivity (Wildman–Crippen MR) is 148 cm³/mol. The average Bonchev–Trinajstić information content (AvgIpc) is 3.72. The summed E-state index contributed by atoms with van der Waals surface area (Å²) in [5, 5.41) is 22.3. The number of aromatic amines is 2. The van der Waals surface area contributed by atoms with Gasteiger partial charge in [0.2, 0.25) is 11.9 Å². The van der Waals surface area contributed by atoms with Gasteiger partial charge in [-0.25, -0.2) is 9.97 Å². The third-order valence-corrected chi connectivity index (χ3v) is 9.87. The fourth-order valence-electron chi connectivity index (χ4n) is 5.37. The first-order chi connectivity index (χ1) is 21.7. The molecule has 23 nitrogen and oxygen atoms in total. The Morgan fingerprint density at radius 1 is 0.848 bits per heavy atom. The van der Waals surface area contributed by atoms with E-state index in [1.54, 1.807) is 0 Å². The molecule has 3 fully saturated rings. The summed E-state index contributed by atoms with van der Waals surface area (Å²) in [6, 6.07) is 0. The van der Waals surface area contributed by atoms with Crippen molar-refractivity contribution in [3.8, 4) is 0 Å². The number of aromatic nitrogens is 8. The van der Waals surface area contributed by atoms with Crippen LogP contribution in [0.25, 0.3) is 22.3 Å². The second kappa shape index (κ2) is 11.2. The van der Waals surface area contributed by atoms with Crippen molar-refractivity contribution in [3.05, 3.63) is 33.4 Å². The van der Waals surface area contributed by atoms with Crippen molar-refractivity contribution in [2.45, 2.75) is 49.1 Å². The molecule has 4 aromatic heterocycles. The summed E-state index contributed by atoms with van der Waals surface area (Å²) in [7, 11) is -5.31. The van der Waals surface area contributed by atoms with Gasteiger partial charge in [0.1, 0.15) is 43.3 Å². The number of rotatable bonds is 2. The maximum Gasteiger partial charge on any atom is 0.280 e. The number of aliphatic hydroxyl groups excluding tert-OH is 2. The molecule has 0 radical (unpaired) electrons. The van der Waals surface area contributed by atoms with E-state index >= 15 is 0 Å². The highest BCUT2D eigenvalue weighted by molar-refractivity contribution is 8.06. The van der Waals surface area contributed by atoms with E-state index < -0.39 is 88.0 Å². The minimum absolute atomic E-state index is 0.0964. The second-order valence-electron chi connectivity index (χ2n) is 10.3. The topological polar surface area (TPSA) is 338 Å². The molecular weight excluding hydrogens is 682 g/mol. The molecule has 3 aliphatic heterocycles. The van der Waals surface area contributed by atoms with Gasteiger partial charge in [-0.1, -0.05) is 11.8 Å². The second-order valence-corrected chi connectivity index (χ2v) is 14.4. The maximum absolute atomic E-state index is 13.3. The van der Waals surface area contributed by atoms with Gasteiger partial charge in [-0.2, -0.15) is 9.97 Å². The quantitative estimate of drug-likeness (QED) is 0.108. The van der Waals surface area contributed by atoms with Crippen LogP contribution < -0.4 is 32.4 Å². The van der Waals surface area contributed by atoms with E-state index in [0.29, 0.717) is 0 Å². The van der Waals surface area contributed by atoms with Crippen LogP contribution in [0.4, 0.5) is 11.9 Å². The molecule has 3 aliphatic rings. The number of phosphoric acid groups is 1. The summed E-state index contributed by atoms with van der Waals surface area (Å²) in [5.74, 6) is -0.537. The van der Waals surface area contributed by atoms with Gasteiger partial charge < -0.3 is 59.0 Å². The van der Waals surface area contributed by atoms with Crippen LogP contribution >= 0.6 is 14.5 Å². The zero-order chi connectivity index (χ0) is 32.7. The summed E-state index contributed by atoms with van der Waals surface area (Å²) in [5.41, 5.74) is 9.39. The fourth-order valence-corrected chi connectivity index (χ4v) is 7.75. The van der Waals surface area contributed by atoms with Crippen molar-refractivity contribution in [2.75, 3.05) is 24.7 Å². The van der Waals surface area contributed by atoms with Gasteiger partial charge in [-0.05, 0) is 0 Å². The average molecular weight is 704 g/mol. The first kappa shape index (κ1) is 31.4. The lowest BCUT2D eigenvalue weighted by molar-refractivity contribution is -0.239. The molecule has 7 heterocycles. The van der Waals surface area contributed by atoms with Crippen LogP contribution in [0.15, 0.2) is 22.2 Å². The molecule has 0 bridgehead atoms. The first-order valence-electron chi connectivity index (χ1n) is 13.1. The van der Waals surface area contributed by atoms with Crippen molar-refractivity contribution >= 4 is 60.6 Å². The number of nitrogens with one attached hydrogen (secondary N) is 2. The lowest BCUT2D eigenvalue weighted by Gasteiger charge is -2.36. The smallest absolute Gasteiger partial charge is 0.280 e. The van der Waals surface area contributed by atoms with Crippen molar-refractivity contribution in [3.63, 3.8) is 0 Å². The molecule has 0 saturated carbocycles. The van der Waals surface area contributed by atoms with E-state index in [1.807, 2.05) is 0 Å². The van der Waals surface area contributed by atoms with Gasteiger partial charge in [0.15, 0.2) is 34.8 Å². The molecule has 10 atom stereocenters. The number of anilines is 2. The summed E-state index contributed by atoms with van der Waals surface area (Å²) >= 11 is 5.04. The molecule has 248 valence electrons. The predicted octanol–water partition coefficient (Wildman–Crippen LogP) is -4.20. The molecular formula is C20H22N10O13P2S-2. The summed E-state index contributed by atoms with van der Waals surface area (Å²) < 4.78 is 47.9.